The maximum atomic E-state index is 5.16. The van der Waals surface area contributed by atoms with E-state index >= 15 is 0 Å². The number of pyridine rings is 1. The first-order valence-corrected chi connectivity index (χ1v) is 10.5. The molecule has 8 nitrogen and oxygen atoms in total. The number of hydrogen-bond acceptors (Lipinski definition) is 6. The van der Waals surface area contributed by atoms with Crippen molar-refractivity contribution in [2.75, 3.05) is 13.7 Å². The van der Waals surface area contributed by atoms with Gasteiger partial charge in [-0.15, -0.1) is 5.10 Å². The first-order chi connectivity index (χ1) is 15.8. The molecule has 2 aromatic carbocycles. The average Bonchev–Trinajstić information content (AvgIpc) is 3.50. The van der Waals surface area contributed by atoms with E-state index in [2.05, 4.69) is 55.1 Å². The molecule has 0 bridgehead atoms. The molecule has 6 rings (SSSR count). The molecular weight excluding hydrogens is 402 g/mol. The Hall–Kier alpha value is -4.04. The van der Waals surface area contributed by atoms with Crippen LogP contribution in [0.3, 0.4) is 0 Å². The Kier molecular flexibility index (Phi) is 4.43. The molecular formula is C24H21N7O. The van der Waals surface area contributed by atoms with Crippen LogP contribution in [-0.4, -0.2) is 43.8 Å². The van der Waals surface area contributed by atoms with Gasteiger partial charge in [0.1, 0.15) is 11.4 Å². The number of H-pyrrole nitrogens is 1. The number of nitrogens with zero attached hydrogens (tertiary/aromatic N) is 5. The number of hydrogen-bond donors (Lipinski definition) is 2. The van der Waals surface area contributed by atoms with Crippen LogP contribution < -0.4 is 10.1 Å². The van der Waals surface area contributed by atoms with Crippen LogP contribution in [0, 0.1) is 0 Å². The fraction of sp³-hybridized carbons (Fsp3) is 0.167. The van der Waals surface area contributed by atoms with Gasteiger partial charge >= 0.3 is 0 Å². The molecule has 0 unspecified atom stereocenters. The maximum absolute atomic E-state index is 5.16. The number of nitrogens with one attached hydrogen (secondary N) is 2. The van der Waals surface area contributed by atoms with Crippen molar-refractivity contribution in [3.8, 4) is 34.1 Å². The Morgan fingerprint density at radius 2 is 1.94 bits per heavy atom. The third-order valence-corrected chi connectivity index (χ3v) is 5.92. The highest BCUT2D eigenvalue weighted by Crippen LogP contribution is 2.30. The van der Waals surface area contributed by atoms with Gasteiger partial charge in [-0.05, 0) is 60.0 Å². The van der Waals surface area contributed by atoms with Gasteiger partial charge in [-0.2, -0.15) is 5.10 Å². The highest BCUT2D eigenvalue weighted by molar-refractivity contribution is 5.94. The standard InChI is InChI=1S/C24H21N7O/c1-32-23-7-4-17(13-26-23)16-3-6-21-20(11-16)24(29-27-21)22-14-31(30-28-22)19-5-2-15-8-9-25-12-18(15)10-19/h2-7,10-11,13-14,25H,8-9,12H2,1H3,(H,27,29). The third-order valence-electron chi connectivity index (χ3n) is 5.92. The van der Waals surface area contributed by atoms with Crippen molar-refractivity contribution in [2.24, 2.45) is 0 Å². The molecule has 0 saturated heterocycles. The second kappa shape index (κ2) is 7.58. The number of aromatic amines is 1. The van der Waals surface area contributed by atoms with Gasteiger partial charge in [0, 0.05) is 29.8 Å². The number of methoxy groups -OCH3 is 1. The van der Waals surface area contributed by atoms with Crippen LogP contribution in [0.1, 0.15) is 11.1 Å². The van der Waals surface area contributed by atoms with Crippen LogP contribution in [0.4, 0.5) is 0 Å². The van der Waals surface area contributed by atoms with E-state index in [0.29, 0.717) is 5.88 Å². The summed E-state index contributed by atoms with van der Waals surface area (Å²) in [6, 6.07) is 16.5. The topological polar surface area (TPSA) is 93.5 Å². The molecule has 158 valence electrons. The summed E-state index contributed by atoms with van der Waals surface area (Å²) in [5.41, 5.74) is 8.19. The van der Waals surface area contributed by atoms with Crippen LogP contribution in [0.15, 0.2) is 60.9 Å². The molecule has 0 fully saturated rings. The van der Waals surface area contributed by atoms with Gasteiger partial charge in [-0.3, -0.25) is 5.10 Å². The van der Waals surface area contributed by atoms with Gasteiger partial charge in [0.25, 0.3) is 0 Å². The lowest BCUT2D eigenvalue weighted by atomic mass is 10.0. The molecule has 0 aliphatic carbocycles. The number of ether oxygens (including phenoxy) is 1. The lowest BCUT2D eigenvalue weighted by Gasteiger charge is -2.17. The number of rotatable bonds is 4. The predicted octanol–water partition coefficient (Wildman–Crippen LogP) is 3.53. The van der Waals surface area contributed by atoms with Gasteiger partial charge in [-0.25, -0.2) is 9.67 Å². The van der Waals surface area contributed by atoms with E-state index in [9.17, 15) is 0 Å². The molecule has 1 aliphatic heterocycles. The molecule has 3 aromatic heterocycles. The largest absolute Gasteiger partial charge is 0.481 e. The molecule has 1 aliphatic rings. The van der Waals surface area contributed by atoms with E-state index in [1.807, 2.05) is 35.1 Å². The minimum absolute atomic E-state index is 0.591. The van der Waals surface area contributed by atoms with Crippen molar-refractivity contribution in [3.05, 3.63) is 72.1 Å². The van der Waals surface area contributed by atoms with Crippen molar-refractivity contribution < 1.29 is 4.74 Å². The minimum Gasteiger partial charge on any atom is -0.481 e. The Balaban J connectivity index is 1.36. The van der Waals surface area contributed by atoms with Gasteiger partial charge in [0.2, 0.25) is 5.88 Å². The van der Waals surface area contributed by atoms with Crippen molar-refractivity contribution in [1.29, 1.82) is 0 Å². The molecule has 0 amide bonds. The summed E-state index contributed by atoms with van der Waals surface area (Å²) in [6.45, 7) is 1.92. The normalized spacial score (nSPS) is 13.3. The van der Waals surface area contributed by atoms with Crippen molar-refractivity contribution in [2.45, 2.75) is 13.0 Å². The molecule has 0 saturated carbocycles. The smallest absolute Gasteiger partial charge is 0.212 e. The lowest BCUT2D eigenvalue weighted by molar-refractivity contribution is 0.398. The highest BCUT2D eigenvalue weighted by atomic mass is 16.5. The summed E-state index contributed by atoms with van der Waals surface area (Å²) in [6.07, 6.45) is 4.79. The van der Waals surface area contributed by atoms with E-state index in [1.165, 1.54) is 11.1 Å². The van der Waals surface area contributed by atoms with Gasteiger partial charge < -0.3 is 10.1 Å². The van der Waals surface area contributed by atoms with E-state index in [4.69, 9.17) is 4.74 Å². The maximum Gasteiger partial charge on any atom is 0.212 e. The Bertz CT molecular complexity index is 1420. The van der Waals surface area contributed by atoms with E-state index in [-0.39, 0.29) is 0 Å². The van der Waals surface area contributed by atoms with Crippen LogP contribution >= 0.6 is 0 Å². The Labute approximate surface area is 184 Å². The molecule has 5 aromatic rings. The van der Waals surface area contributed by atoms with Crippen LogP contribution in [0.25, 0.3) is 39.1 Å². The molecule has 2 N–H and O–H groups in total. The van der Waals surface area contributed by atoms with E-state index in [0.717, 1.165) is 58.6 Å². The molecule has 8 heteroatoms. The van der Waals surface area contributed by atoms with Crippen LogP contribution in [-0.2, 0) is 13.0 Å². The summed E-state index contributed by atoms with van der Waals surface area (Å²) in [5.74, 6) is 0.591. The van der Waals surface area contributed by atoms with Crippen molar-refractivity contribution in [3.63, 3.8) is 0 Å². The van der Waals surface area contributed by atoms with Gasteiger partial charge in [-0.1, -0.05) is 17.3 Å². The van der Waals surface area contributed by atoms with Gasteiger partial charge in [0.05, 0.1) is 24.5 Å². The quantitative estimate of drug-likeness (QED) is 0.459. The minimum atomic E-state index is 0.591. The molecule has 32 heavy (non-hydrogen) atoms. The average molecular weight is 423 g/mol. The summed E-state index contributed by atoms with van der Waals surface area (Å²) in [4.78, 5) is 4.31. The van der Waals surface area contributed by atoms with Gasteiger partial charge in [0.15, 0.2) is 0 Å². The zero-order chi connectivity index (χ0) is 21.5. The van der Waals surface area contributed by atoms with Crippen LogP contribution in [0.2, 0.25) is 0 Å². The summed E-state index contributed by atoms with van der Waals surface area (Å²) >= 11 is 0. The van der Waals surface area contributed by atoms with Crippen molar-refractivity contribution >= 4 is 10.9 Å². The number of aromatic nitrogens is 6. The molecule has 0 atom stereocenters. The summed E-state index contributed by atoms with van der Waals surface area (Å²) in [7, 11) is 1.61. The second-order valence-corrected chi connectivity index (χ2v) is 7.85. The zero-order valence-corrected chi connectivity index (χ0v) is 17.5. The fourth-order valence-electron chi connectivity index (χ4n) is 4.17. The number of fused-ring (bicyclic) bond motifs is 2. The van der Waals surface area contributed by atoms with Crippen molar-refractivity contribution in [1.82, 2.24) is 35.5 Å². The lowest BCUT2D eigenvalue weighted by Crippen LogP contribution is -2.23. The fourth-order valence-corrected chi connectivity index (χ4v) is 4.17. The Morgan fingerprint density at radius 1 is 1.00 bits per heavy atom. The molecule has 4 heterocycles. The summed E-state index contributed by atoms with van der Waals surface area (Å²) < 4.78 is 6.97. The van der Waals surface area contributed by atoms with Crippen LogP contribution in [0.5, 0.6) is 5.88 Å². The predicted molar refractivity (Wildman–Crippen MR) is 122 cm³/mol. The molecule has 0 spiro atoms. The van der Waals surface area contributed by atoms with E-state index in [1.54, 1.807) is 13.3 Å². The highest BCUT2D eigenvalue weighted by Gasteiger charge is 2.15. The first-order valence-electron chi connectivity index (χ1n) is 10.5. The zero-order valence-electron chi connectivity index (χ0n) is 17.5. The number of benzene rings is 2. The summed E-state index contributed by atoms with van der Waals surface area (Å²) in [5, 5.41) is 20.8. The monoisotopic (exact) mass is 423 g/mol. The second-order valence-electron chi connectivity index (χ2n) is 7.85. The molecule has 0 radical (unpaired) electrons. The third kappa shape index (κ3) is 3.21. The first kappa shape index (κ1) is 18.7. The Morgan fingerprint density at radius 3 is 2.81 bits per heavy atom. The van der Waals surface area contributed by atoms with E-state index < -0.39 is 0 Å². The SMILES string of the molecule is COc1ccc(-c2ccc3[nH]nc(-c4cn(-c5ccc6c(c5)CNCC6)nn4)c3c2)cn1.